The van der Waals surface area contributed by atoms with E-state index in [2.05, 4.69) is 10.4 Å². The fourth-order valence-electron chi connectivity index (χ4n) is 4.29. The van der Waals surface area contributed by atoms with Crippen LogP contribution >= 0.6 is 0 Å². The van der Waals surface area contributed by atoms with Crippen LogP contribution in [0.4, 0.5) is 17.2 Å². The Morgan fingerprint density at radius 3 is 2.56 bits per heavy atom. The Balaban J connectivity index is 1.53. The highest BCUT2D eigenvalue weighted by molar-refractivity contribution is 7.92. The molecule has 1 amide bonds. The van der Waals surface area contributed by atoms with Crippen molar-refractivity contribution in [3.63, 3.8) is 0 Å². The standard InChI is InChI=1S/C23H24N4O4S/c1-26-10-9-22(25-26)24-23(28)17(11-15-13-31-14-15)16-7-8-21-19(12-16)27(2)18-5-3-4-6-20(18)32(21,29)30/h3-10,12,15,17H,11,13-14H2,1-2H3,(H,24,25,28). The highest BCUT2D eigenvalue weighted by Gasteiger charge is 2.35. The van der Waals surface area contributed by atoms with E-state index in [1.54, 1.807) is 54.3 Å². The first kappa shape index (κ1) is 20.7. The fraction of sp³-hybridized carbons (Fsp3) is 0.304. The number of nitrogens with one attached hydrogen (secondary N) is 1. The lowest BCUT2D eigenvalue weighted by molar-refractivity contribution is -0.119. The molecule has 3 aromatic rings. The predicted octanol–water partition coefficient (Wildman–Crippen LogP) is 3.09. The number of rotatable bonds is 5. The maximum absolute atomic E-state index is 13.2. The SMILES string of the molecule is CN1c2ccccc2S(=O)(=O)c2ccc(C(CC3COC3)C(=O)Nc3ccn(C)n3)cc21. The number of hydrogen-bond donors (Lipinski definition) is 1. The van der Waals surface area contributed by atoms with Gasteiger partial charge in [-0.2, -0.15) is 5.10 Å². The molecule has 1 aromatic heterocycles. The molecule has 2 aliphatic heterocycles. The number of sulfone groups is 1. The van der Waals surface area contributed by atoms with Gasteiger partial charge >= 0.3 is 0 Å². The van der Waals surface area contributed by atoms with E-state index < -0.39 is 15.8 Å². The molecule has 0 spiro atoms. The van der Waals surface area contributed by atoms with Crippen LogP contribution in [0.1, 0.15) is 17.9 Å². The number of ether oxygens (including phenoxy) is 1. The summed E-state index contributed by atoms with van der Waals surface area (Å²) in [4.78, 5) is 15.6. The molecule has 0 saturated carbocycles. The van der Waals surface area contributed by atoms with Crippen LogP contribution in [-0.2, 0) is 26.4 Å². The van der Waals surface area contributed by atoms with Crippen molar-refractivity contribution >= 4 is 32.9 Å². The molecule has 1 saturated heterocycles. The van der Waals surface area contributed by atoms with Gasteiger partial charge in [-0.25, -0.2) is 8.42 Å². The van der Waals surface area contributed by atoms with Crippen molar-refractivity contribution in [2.75, 3.05) is 30.5 Å². The molecule has 5 rings (SSSR count). The zero-order chi connectivity index (χ0) is 22.5. The Hall–Kier alpha value is -3.17. The molecule has 0 aliphatic carbocycles. The number of carbonyl (C=O) groups is 1. The van der Waals surface area contributed by atoms with Crippen molar-refractivity contribution < 1.29 is 17.9 Å². The van der Waals surface area contributed by atoms with Crippen molar-refractivity contribution in [3.05, 3.63) is 60.3 Å². The molecule has 0 bridgehead atoms. The second-order valence-electron chi connectivity index (χ2n) is 8.31. The van der Waals surface area contributed by atoms with Gasteiger partial charge in [0, 0.05) is 32.3 Å². The highest BCUT2D eigenvalue weighted by Crippen LogP contribution is 2.44. The third-order valence-electron chi connectivity index (χ3n) is 6.11. The minimum Gasteiger partial charge on any atom is -0.381 e. The molecular formula is C23H24N4O4S. The first-order chi connectivity index (χ1) is 15.3. The van der Waals surface area contributed by atoms with E-state index in [-0.39, 0.29) is 16.7 Å². The summed E-state index contributed by atoms with van der Waals surface area (Å²) in [6.07, 6.45) is 2.38. The Bertz CT molecular complexity index is 1300. The lowest BCUT2D eigenvalue weighted by Gasteiger charge is -2.32. The van der Waals surface area contributed by atoms with Crippen LogP contribution in [0.25, 0.3) is 0 Å². The number of aryl methyl sites for hydroxylation is 1. The maximum atomic E-state index is 13.2. The van der Waals surface area contributed by atoms with E-state index in [0.29, 0.717) is 41.7 Å². The maximum Gasteiger partial charge on any atom is 0.233 e. The molecule has 2 aromatic carbocycles. The molecule has 2 aliphatic rings. The minimum atomic E-state index is -3.63. The zero-order valence-electron chi connectivity index (χ0n) is 17.9. The van der Waals surface area contributed by atoms with E-state index in [1.807, 2.05) is 24.1 Å². The quantitative estimate of drug-likeness (QED) is 0.639. The second-order valence-corrected chi connectivity index (χ2v) is 10.2. The molecule has 3 heterocycles. The number of nitrogens with zero attached hydrogens (tertiary/aromatic N) is 3. The van der Waals surface area contributed by atoms with Gasteiger partial charge in [0.15, 0.2) is 5.82 Å². The van der Waals surface area contributed by atoms with Gasteiger partial charge in [0.2, 0.25) is 15.7 Å². The lowest BCUT2D eigenvalue weighted by atomic mass is 9.87. The van der Waals surface area contributed by atoms with Crippen molar-refractivity contribution in [2.24, 2.45) is 13.0 Å². The normalized spacial score (nSPS) is 17.8. The zero-order valence-corrected chi connectivity index (χ0v) is 18.7. The first-order valence-electron chi connectivity index (χ1n) is 10.4. The Kier molecular flexibility index (Phi) is 5.02. The van der Waals surface area contributed by atoms with E-state index in [9.17, 15) is 13.2 Å². The summed E-state index contributed by atoms with van der Waals surface area (Å²) in [7, 11) is -0.0000722. The van der Waals surface area contributed by atoms with Gasteiger partial charge in [0.05, 0.1) is 40.3 Å². The van der Waals surface area contributed by atoms with Crippen molar-refractivity contribution in [3.8, 4) is 0 Å². The van der Waals surface area contributed by atoms with Crippen LogP contribution in [0, 0.1) is 5.92 Å². The Morgan fingerprint density at radius 2 is 1.88 bits per heavy atom. The number of para-hydroxylation sites is 1. The van der Waals surface area contributed by atoms with E-state index in [4.69, 9.17) is 4.74 Å². The van der Waals surface area contributed by atoms with Crippen LogP contribution in [0.5, 0.6) is 0 Å². The summed E-state index contributed by atoms with van der Waals surface area (Å²) >= 11 is 0. The van der Waals surface area contributed by atoms with Gasteiger partial charge in [-0.3, -0.25) is 9.48 Å². The molecule has 32 heavy (non-hydrogen) atoms. The van der Waals surface area contributed by atoms with Gasteiger partial charge in [0.1, 0.15) is 0 Å². The molecule has 1 N–H and O–H groups in total. The molecule has 1 fully saturated rings. The number of hydrogen-bond acceptors (Lipinski definition) is 6. The fourth-order valence-corrected chi connectivity index (χ4v) is 5.99. The van der Waals surface area contributed by atoms with E-state index in [1.165, 1.54) is 0 Å². The minimum absolute atomic E-state index is 0.169. The van der Waals surface area contributed by atoms with Gasteiger partial charge in [-0.15, -0.1) is 0 Å². The number of carbonyl (C=O) groups excluding carboxylic acids is 1. The van der Waals surface area contributed by atoms with E-state index >= 15 is 0 Å². The lowest BCUT2D eigenvalue weighted by Crippen LogP contribution is -2.33. The van der Waals surface area contributed by atoms with E-state index in [0.717, 1.165) is 5.56 Å². The van der Waals surface area contributed by atoms with Crippen LogP contribution in [0.2, 0.25) is 0 Å². The molecule has 1 unspecified atom stereocenters. The first-order valence-corrected chi connectivity index (χ1v) is 11.9. The van der Waals surface area contributed by atoms with Crippen molar-refractivity contribution in [2.45, 2.75) is 22.1 Å². The number of amides is 1. The number of fused-ring (bicyclic) bond motifs is 2. The van der Waals surface area contributed by atoms with Gasteiger partial charge in [-0.05, 0) is 36.2 Å². The smallest absolute Gasteiger partial charge is 0.233 e. The molecule has 8 nitrogen and oxygen atoms in total. The largest absolute Gasteiger partial charge is 0.381 e. The van der Waals surface area contributed by atoms with Crippen LogP contribution < -0.4 is 10.2 Å². The monoisotopic (exact) mass is 452 g/mol. The molecular weight excluding hydrogens is 428 g/mol. The number of aromatic nitrogens is 2. The molecule has 166 valence electrons. The average Bonchev–Trinajstić information content (AvgIpc) is 3.15. The highest BCUT2D eigenvalue weighted by atomic mass is 32.2. The topological polar surface area (TPSA) is 93.5 Å². The average molecular weight is 453 g/mol. The molecule has 1 atom stereocenters. The van der Waals surface area contributed by atoms with Crippen LogP contribution in [0.15, 0.2) is 64.5 Å². The van der Waals surface area contributed by atoms with Crippen molar-refractivity contribution in [1.29, 1.82) is 0 Å². The molecule has 9 heteroatoms. The van der Waals surface area contributed by atoms with Gasteiger partial charge in [-0.1, -0.05) is 18.2 Å². The van der Waals surface area contributed by atoms with Gasteiger partial charge in [0.25, 0.3) is 0 Å². The second kappa shape index (κ2) is 7.75. The van der Waals surface area contributed by atoms with Crippen LogP contribution in [-0.4, -0.2) is 44.4 Å². The number of anilines is 3. The molecule has 0 radical (unpaired) electrons. The number of benzene rings is 2. The summed E-state index contributed by atoms with van der Waals surface area (Å²) in [6, 6.07) is 13.9. The Labute approximate surface area is 186 Å². The Morgan fingerprint density at radius 1 is 1.12 bits per heavy atom. The summed E-state index contributed by atoms with van der Waals surface area (Å²) in [6.45, 7) is 1.25. The predicted molar refractivity (Wildman–Crippen MR) is 120 cm³/mol. The summed E-state index contributed by atoms with van der Waals surface area (Å²) in [5.74, 6) is 0.147. The summed E-state index contributed by atoms with van der Waals surface area (Å²) < 4.78 is 33.3. The van der Waals surface area contributed by atoms with Crippen molar-refractivity contribution in [1.82, 2.24) is 9.78 Å². The summed E-state index contributed by atoms with van der Waals surface area (Å²) in [5, 5.41) is 7.13. The third-order valence-corrected chi connectivity index (χ3v) is 7.96. The third kappa shape index (κ3) is 3.47. The summed E-state index contributed by atoms with van der Waals surface area (Å²) in [5.41, 5.74) is 1.96. The van der Waals surface area contributed by atoms with Gasteiger partial charge < -0.3 is 15.0 Å². The van der Waals surface area contributed by atoms with Crippen LogP contribution in [0.3, 0.4) is 0 Å².